The molecule has 2 aromatic rings. The highest BCUT2D eigenvalue weighted by molar-refractivity contribution is 6.00. The number of carbonyl (C=O) groups is 1. The molecule has 3 fully saturated rings. The number of nitrogens with one attached hydrogen (secondary N) is 1. The number of morpholine rings is 1. The Morgan fingerprint density at radius 2 is 1.86 bits per heavy atom. The predicted molar refractivity (Wildman–Crippen MR) is 137 cm³/mol. The van der Waals surface area contributed by atoms with Crippen molar-refractivity contribution in [1.29, 1.82) is 0 Å². The van der Waals surface area contributed by atoms with E-state index in [0.29, 0.717) is 18.8 Å². The second kappa shape index (κ2) is 9.43. The van der Waals surface area contributed by atoms with Gasteiger partial charge in [0.25, 0.3) is 0 Å². The predicted octanol–water partition coefficient (Wildman–Crippen LogP) is 5.02. The molecule has 7 nitrogen and oxygen atoms in total. The number of aromatic nitrogens is 1. The highest BCUT2D eigenvalue weighted by atomic mass is 16.5. The van der Waals surface area contributed by atoms with Crippen LogP contribution in [0.25, 0.3) is 0 Å². The summed E-state index contributed by atoms with van der Waals surface area (Å²) >= 11 is 0. The molecule has 0 unspecified atom stereocenters. The molecule has 0 spiro atoms. The smallest absolute Gasteiger partial charge is 0.230 e. The third-order valence-corrected chi connectivity index (χ3v) is 7.91. The van der Waals surface area contributed by atoms with E-state index in [1.807, 2.05) is 11.0 Å². The molecule has 0 radical (unpaired) electrons. The van der Waals surface area contributed by atoms with E-state index in [1.165, 1.54) is 0 Å². The standard InChI is InChI=1S/C28H36N4O3/c1-18(2)34-22-8-5-19(6-9-22)28(33)32-15-20-4-3-13-29-27(20)30-25-12-7-21(14-26(25)32)31-16-23-10-11-24(17-31)35-23/h3-4,7,12-14,18-19,22-24H,5-6,8-11,15-17H2,1-2H3,(H,29,30)/t19?,22?,23-,24-/m0/s1. The van der Waals surface area contributed by atoms with Gasteiger partial charge in [0.1, 0.15) is 5.82 Å². The number of pyridine rings is 1. The summed E-state index contributed by atoms with van der Waals surface area (Å²) in [6, 6.07) is 10.5. The summed E-state index contributed by atoms with van der Waals surface area (Å²) in [7, 11) is 0. The van der Waals surface area contributed by atoms with Gasteiger partial charge < -0.3 is 24.6 Å². The van der Waals surface area contributed by atoms with Gasteiger partial charge in [0.2, 0.25) is 5.91 Å². The number of hydrogen-bond acceptors (Lipinski definition) is 6. The number of fused-ring (bicyclic) bond motifs is 4. The molecule has 1 N–H and O–H groups in total. The van der Waals surface area contributed by atoms with Crippen molar-refractivity contribution in [3.8, 4) is 0 Å². The van der Waals surface area contributed by atoms with Gasteiger partial charge >= 0.3 is 0 Å². The monoisotopic (exact) mass is 476 g/mol. The van der Waals surface area contributed by atoms with E-state index in [0.717, 1.165) is 80.1 Å². The summed E-state index contributed by atoms with van der Waals surface area (Å²) in [5.41, 5.74) is 4.09. The fraction of sp³-hybridized carbons (Fsp3) is 0.571. The lowest BCUT2D eigenvalue weighted by atomic mass is 9.86. The minimum absolute atomic E-state index is 0.0240. The van der Waals surface area contributed by atoms with E-state index in [2.05, 4.69) is 53.3 Å². The van der Waals surface area contributed by atoms with Gasteiger partial charge in [0.15, 0.2) is 0 Å². The molecular formula is C28H36N4O3. The van der Waals surface area contributed by atoms with E-state index in [1.54, 1.807) is 6.20 Å². The lowest BCUT2D eigenvalue weighted by Gasteiger charge is -2.35. The summed E-state index contributed by atoms with van der Waals surface area (Å²) in [5, 5.41) is 3.51. The van der Waals surface area contributed by atoms with Gasteiger partial charge in [-0.3, -0.25) is 4.79 Å². The molecule has 6 rings (SSSR count). The Morgan fingerprint density at radius 3 is 2.60 bits per heavy atom. The molecule has 7 heteroatoms. The van der Waals surface area contributed by atoms with E-state index in [9.17, 15) is 4.79 Å². The zero-order valence-corrected chi connectivity index (χ0v) is 20.8. The van der Waals surface area contributed by atoms with Crippen molar-refractivity contribution in [3.63, 3.8) is 0 Å². The number of nitrogens with zero attached hydrogens (tertiary/aromatic N) is 3. The first-order chi connectivity index (χ1) is 17.0. The van der Waals surface area contributed by atoms with Crippen LogP contribution in [0.5, 0.6) is 0 Å². The second-order valence-corrected chi connectivity index (χ2v) is 10.8. The van der Waals surface area contributed by atoms with Crippen LogP contribution in [0.1, 0.15) is 57.9 Å². The summed E-state index contributed by atoms with van der Waals surface area (Å²) in [6.07, 6.45) is 8.87. The van der Waals surface area contributed by atoms with Gasteiger partial charge in [-0.05, 0) is 76.6 Å². The van der Waals surface area contributed by atoms with Crippen molar-refractivity contribution in [3.05, 3.63) is 42.1 Å². The normalized spacial score (nSPS) is 27.7. The van der Waals surface area contributed by atoms with Crippen LogP contribution in [0.4, 0.5) is 22.9 Å². The number of carbonyl (C=O) groups excluding carboxylic acids is 1. The highest BCUT2D eigenvalue weighted by Gasteiger charge is 2.36. The number of benzene rings is 1. The Labute approximate surface area is 207 Å². The molecule has 35 heavy (non-hydrogen) atoms. The Kier molecular flexibility index (Phi) is 6.14. The van der Waals surface area contributed by atoms with Gasteiger partial charge in [-0.2, -0.15) is 0 Å². The van der Waals surface area contributed by atoms with E-state index in [-0.39, 0.29) is 24.0 Å². The molecule has 4 heterocycles. The van der Waals surface area contributed by atoms with E-state index < -0.39 is 0 Å². The van der Waals surface area contributed by atoms with Crippen molar-refractivity contribution in [2.75, 3.05) is 28.2 Å². The lowest BCUT2D eigenvalue weighted by molar-refractivity contribution is -0.124. The zero-order valence-electron chi connectivity index (χ0n) is 20.8. The molecular weight excluding hydrogens is 440 g/mol. The van der Waals surface area contributed by atoms with E-state index >= 15 is 0 Å². The summed E-state index contributed by atoms with van der Waals surface area (Å²) in [5.74, 6) is 1.07. The van der Waals surface area contributed by atoms with Crippen molar-refractivity contribution in [1.82, 2.24) is 4.98 Å². The molecule has 4 aliphatic rings. The molecule has 2 bridgehead atoms. The molecule has 1 aliphatic carbocycles. The van der Waals surface area contributed by atoms with Crippen molar-refractivity contribution in [2.45, 2.75) is 83.3 Å². The topological polar surface area (TPSA) is 66.9 Å². The molecule has 186 valence electrons. The van der Waals surface area contributed by atoms with Crippen LogP contribution in [0, 0.1) is 5.92 Å². The number of hydrogen-bond donors (Lipinski definition) is 1. The van der Waals surface area contributed by atoms with Crippen LogP contribution < -0.4 is 15.1 Å². The number of amides is 1. The van der Waals surface area contributed by atoms with Crippen LogP contribution >= 0.6 is 0 Å². The third-order valence-electron chi connectivity index (χ3n) is 7.91. The third kappa shape index (κ3) is 4.64. The molecule has 2 atom stereocenters. The lowest BCUT2D eigenvalue weighted by Crippen LogP contribution is -2.43. The van der Waals surface area contributed by atoms with Gasteiger partial charge in [-0.15, -0.1) is 0 Å². The second-order valence-electron chi connectivity index (χ2n) is 10.8. The molecule has 3 aliphatic heterocycles. The van der Waals surface area contributed by atoms with Crippen LogP contribution in [0.15, 0.2) is 36.5 Å². The maximum Gasteiger partial charge on any atom is 0.230 e. The van der Waals surface area contributed by atoms with Crippen LogP contribution in [0.3, 0.4) is 0 Å². The number of rotatable bonds is 4. The van der Waals surface area contributed by atoms with Crippen LogP contribution in [0.2, 0.25) is 0 Å². The average molecular weight is 477 g/mol. The average Bonchev–Trinajstić information content (AvgIpc) is 3.11. The Bertz CT molecular complexity index is 1070. The van der Waals surface area contributed by atoms with Gasteiger partial charge in [0.05, 0.1) is 42.3 Å². The molecule has 1 aromatic carbocycles. The summed E-state index contributed by atoms with van der Waals surface area (Å²) in [6.45, 7) is 6.53. The van der Waals surface area contributed by atoms with Gasteiger partial charge in [-0.1, -0.05) is 6.07 Å². The first-order valence-corrected chi connectivity index (χ1v) is 13.3. The number of anilines is 4. The quantitative estimate of drug-likeness (QED) is 0.668. The Morgan fingerprint density at radius 1 is 1.09 bits per heavy atom. The number of ether oxygens (including phenoxy) is 2. The minimum Gasteiger partial charge on any atom is -0.376 e. The van der Waals surface area contributed by atoms with Crippen molar-refractivity contribution >= 4 is 28.8 Å². The highest BCUT2D eigenvalue weighted by Crippen LogP contribution is 2.41. The van der Waals surface area contributed by atoms with Gasteiger partial charge in [0, 0.05) is 36.5 Å². The largest absolute Gasteiger partial charge is 0.376 e. The van der Waals surface area contributed by atoms with Crippen LogP contribution in [-0.2, 0) is 20.8 Å². The SMILES string of the molecule is CC(C)OC1CCC(C(=O)N2Cc3cccnc3Nc3ccc(N4C[C@@H]5CC[C@@H](C4)O5)cc32)CC1. The molecule has 1 saturated carbocycles. The van der Waals surface area contributed by atoms with Crippen molar-refractivity contribution < 1.29 is 14.3 Å². The van der Waals surface area contributed by atoms with Crippen molar-refractivity contribution in [2.24, 2.45) is 5.92 Å². The first-order valence-electron chi connectivity index (χ1n) is 13.3. The van der Waals surface area contributed by atoms with Crippen LogP contribution in [-0.4, -0.2) is 48.4 Å². The molecule has 1 amide bonds. The van der Waals surface area contributed by atoms with E-state index in [4.69, 9.17) is 9.47 Å². The zero-order chi connectivity index (χ0) is 23.9. The fourth-order valence-corrected chi connectivity index (χ4v) is 6.18. The maximum absolute atomic E-state index is 14.0. The Balaban J connectivity index is 1.29. The molecule has 2 saturated heterocycles. The Hall–Kier alpha value is -2.64. The van der Waals surface area contributed by atoms with Gasteiger partial charge in [-0.25, -0.2) is 4.98 Å². The molecule has 1 aromatic heterocycles. The first kappa shape index (κ1) is 22.8. The maximum atomic E-state index is 14.0. The minimum atomic E-state index is 0.0240. The summed E-state index contributed by atoms with van der Waals surface area (Å²) in [4.78, 5) is 23.0. The summed E-state index contributed by atoms with van der Waals surface area (Å²) < 4.78 is 12.1. The fourth-order valence-electron chi connectivity index (χ4n) is 6.18.